The van der Waals surface area contributed by atoms with E-state index in [2.05, 4.69) is 109 Å². The molecule has 0 bridgehead atoms. The summed E-state index contributed by atoms with van der Waals surface area (Å²) in [7, 11) is 0. The minimum absolute atomic E-state index is 1.17. The van der Waals surface area contributed by atoms with Crippen molar-refractivity contribution in [1.29, 1.82) is 0 Å². The first kappa shape index (κ1) is 14.5. The summed E-state index contributed by atoms with van der Waals surface area (Å²) in [5.74, 6) is 0. The van der Waals surface area contributed by atoms with Gasteiger partial charge in [-0.3, -0.25) is 0 Å². The molecule has 0 heterocycles. The lowest BCUT2D eigenvalue weighted by Crippen LogP contribution is -2.11. The molecule has 0 N–H and O–H groups in total. The Kier molecular flexibility index (Phi) is 3.76. The molecule has 4 rings (SSSR count). The maximum absolute atomic E-state index is 2.32. The lowest BCUT2D eigenvalue weighted by atomic mass is 10.1. The lowest BCUT2D eigenvalue weighted by Gasteiger charge is -2.27. The van der Waals surface area contributed by atoms with Crippen LogP contribution in [0.3, 0.4) is 0 Å². The van der Waals surface area contributed by atoms with E-state index in [0.717, 1.165) is 0 Å². The highest BCUT2D eigenvalue weighted by Crippen LogP contribution is 2.37. The Morgan fingerprint density at radius 3 is 2.00 bits per heavy atom. The van der Waals surface area contributed by atoms with Crippen molar-refractivity contribution in [2.24, 2.45) is 0 Å². The van der Waals surface area contributed by atoms with Gasteiger partial charge in [-0.25, -0.2) is 0 Å². The molecule has 0 aromatic heterocycles. The van der Waals surface area contributed by atoms with Crippen molar-refractivity contribution in [1.82, 2.24) is 0 Å². The van der Waals surface area contributed by atoms with E-state index in [1.807, 2.05) is 0 Å². The summed E-state index contributed by atoms with van der Waals surface area (Å²) < 4.78 is 0. The Bertz CT molecular complexity index is 973. The second kappa shape index (κ2) is 6.21. The first-order valence-corrected chi connectivity index (χ1v) is 8.22. The van der Waals surface area contributed by atoms with E-state index < -0.39 is 0 Å². The third-order valence-electron chi connectivity index (χ3n) is 4.36. The van der Waals surface area contributed by atoms with E-state index >= 15 is 0 Å². The molecule has 116 valence electrons. The minimum atomic E-state index is 1.17. The maximum Gasteiger partial charge on any atom is 0.0490 e. The van der Waals surface area contributed by atoms with Crippen LogP contribution in [0.25, 0.3) is 10.8 Å². The maximum atomic E-state index is 2.32. The molecule has 0 saturated carbocycles. The highest BCUT2D eigenvalue weighted by molar-refractivity contribution is 5.89. The molecule has 0 spiro atoms. The fourth-order valence-electron chi connectivity index (χ4n) is 3.13. The molecule has 0 aliphatic heterocycles. The zero-order chi connectivity index (χ0) is 16.4. The van der Waals surface area contributed by atoms with Crippen molar-refractivity contribution in [2.45, 2.75) is 6.92 Å². The summed E-state index contributed by atoms with van der Waals surface area (Å²) in [6, 6.07) is 34.2. The molecule has 0 amide bonds. The Labute approximate surface area is 142 Å². The molecule has 0 aliphatic carbocycles. The molecular formula is C23H19N. The van der Waals surface area contributed by atoms with Crippen LogP contribution in [0.1, 0.15) is 5.56 Å². The summed E-state index contributed by atoms with van der Waals surface area (Å²) in [5.41, 5.74) is 4.81. The van der Waals surface area contributed by atoms with Crippen LogP contribution < -0.4 is 4.90 Å². The molecule has 24 heavy (non-hydrogen) atoms. The largest absolute Gasteiger partial charge is 0.310 e. The zero-order valence-electron chi connectivity index (χ0n) is 13.7. The van der Waals surface area contributed by atoms with Crippen molar-refractivity contribution >= 4 is 27.8 Å². The molecule has 0 saturated heterocycles. The van der Waals surface area contributed by atoms with Gasteiger partial charge in [-0.2, -0.15) is 0 Å². The highest BCUT2D eigenvalue weighted by atomic mass is 15.1. The van der Waals surface area contributed by atoms with Gasteiger partial charge in [0.2, 0.25) is 0 Å². The number of benzene rings is 4. The lowest BCUT2D eigenvalue weighted by molar-refractivity contribution is 1.25. The number of aryl methyl sites for hydroxylation is 1. The van der Waals surface area contributed by atoms with Gasteiger partial charge in [0.1, 0.15) is 0 Å². The van der Waals surface area contributed by atoms with Crippen molar-refractivity contribution < 1.29 is 0 Å². The highest BCUT2D eigenvalue weighted by Gasteiger charge is 2.14. The molecule has 0 atom stereocenters. The second-order valence-electron chi connectivity index (χ2n) is 5.99. The standard InChI is InChI=1S/C23H19N/c1-18-9-5-8-14-23(18)24(21-12-3-2-4-13-21)22-16-15-19-10-6-7-11-20(19)17-22/h2-17H,1H3. The van der Waals surface area contributed by atoms with E-state index in [-0.39, 0.29) is 0 Å². The molecule has 1 heteroatoms. The molecule has 0 aliphatic rings. The van der Waals surface area contributed by atoms with Gasteiger partial charge in [0, 0.05) is 17.1 Å². The second-order valence-corrected chi connectivity index (χ2v) is 5.99. The molecular weight excluding hydrogens is 290 g/mol. The predicted octanol–water partition coefficient (Wildman–Crippen LogP) is 6.62. The quantitative estimate of drug-likeness (QED) is 0.411. The number of rotatable bonds is 3. The van der Waals surface area contributed by atoms with Crippen LogP contribution in [0.5, 0.6) is 0 Å². The van der Waals surface area contributed by atoms with Crippen molar-refractivity contribution in [2.75, 3.05) is 4.90 Å². The number of hydrogen-bond acceptors (Lipinski definition) is 1. The molecule has 0 fully saturated rings. The zero-order valence-corrected chi connectivity index (χ0v) is 13.7. The number of para-hydroxylation sites is 2. The van der Waals surface area contributed by atoms with Crippen molar-refractivity contribution in [3.63, 3.8) is 0 Å². The van der Waals surface area contributed by atoms with Gasteiger partial charge in [0.15, 0.2) is 0 Å². The number of anilines is 3. The predicted molar refractivity (Wildman–Crippen MR) is 103 cm³/mol. The third kappa shape index (κ3) is 2.65. The molecule has 4 aromatic carbocycles. The van der Waals surface area contributed by atoms with Gasteiger partial charge in [-0.05, 0) is 53.6 Å². The summed E-state index contributed by atoms with van der Waals surface area (Å²) >= 11 is 0. The SMILES string of the molecule is Cc1ccccc1N(c1ccccc1)c1ccc2ccccc2c1. The van der Waals surface area contributed by atoms with Gasteiger partial charge in [0.05, 0.1) is 0 Å². The average Bonchev–Trinajstić information content (AvgIpc) is 2.64. The van der Waals surface area contributed by atoms with E-state index in [4.69, 9.17) is 0 Å². The van der Waals surface area contributed by atoms with Crippen LogP contribution in [0.2, 0.25) is 0 Å². The van der Waals surface area contributed by atoms with Gasteiger partial charge in [-0.15, -0.1) is 0 Å². The summed E-state index contributed by atoms with van der Waals surface area (Å²) in [6.07, 6.45) is 0. The Balaban J connectivity index is 1.93. The Morgan fingerprint density at radius 2 is 1.21 bits per heavy atom. The van der Waals surface area contributed by atoms with Gasteiger partial charge >= 0.3 is 0 Å². The van der Waals surface area contributed by atoms with Gasteiger partial charge < -0.3 is 4.90 Å². The fraction of sp³-hybridized carbons (Fsp3) is 0.0435. The van der Waals surface area contributed by atoms with Crippen LogP contribution >= 0.6 is 0 Å². The van der Waals surface area contributed by atoms with Crippen LogP contribution in [-0.2, 0) is 0 Å². The first-order chi connectivity index (χ1) is 11.8. The van der Waals surface area contributed by atoms with Gasteiger partial charge in [-0.1, -0.05) is 66.7 Å². The molecule has 1 nitrogen and oxygen atoms in total. The number of nitrogens with zero attached hydrogens (tertiary/aromatic N) is 1. The van der Waals surface area contributed by atoms with Gasteiger partial charge in [0.25, 0.3) is 0 Å². The van der Waals surface area contributed by atoms with Crippen LogP contribution in [0, 0.1) is 6.92 Å². The normalized spacial score (nSPS) is 10.7. The molecule has 4 aromatic rings. The third-order valence-corrected chi connectivity index (χ3v) is 4.36. The first-order valence-electron chi connectivity index (χ1n) is 8.22. The minimum Gasteiger partial charge on any atom is -0.310 e. The summed E-state index contributed by atoms with van der Waals surface area (Å²) in [4.78, 5) is 2.32. The molecule has 0 radical (unpaired) electrons. The van der Waals surface area contributed by atoms with E-state index in [1.54, 1.807) is 0 Å². The summed E-state index contributed by atoms with van der Waals surface area (Å²) in [5, 5.41) is 2.52. The number of hydrogen-bond donors (Lipinski definition) is 0. The summed E-state index contributed by atoms with van der Waals surface area (Å²) in [6.45, 7) is 2.16. The topological polar surface area (TPSA) is 3.24 Å². The fourth-order valence-corrected chi connectivity index (χ4v) is 3.13. The Morgan fingerprint density at radius 1 is 0.542 bits per heavy atom. The molecule has 0 unspecified atom stereocenters. The van der Waals surface area contributed by atoms with Crippen molar-refractivity contribution in [3.05, 3.63) is 103 Å². The average molecular weight is 309 g/mol. The number of fused-ring (bicyclic) bond motifs is 1. The van der Waals surface area contributed by atoms with E-state index in [1.165, 1.54) is 33.4 Å². The van der Waals surface area contributed by atoms with Crippen LogP contribution in [0.4, 0.5) is 17.1 Å². The Hall–Kier alpha value is -3.06. The smallest absolute Gasteiger partial charge is 0.0490 e. The van der Waals surface area contributed by atoms with Crippen LogP contribution in [0.15, 0.2) is 97.1 Å². The van der Waals surface area contributed by atoms with Crippen LogP contribution in [-0.4, -0.2) is 0 Å². The monoisotopic (exact) mass is 309 g/mol. The van der Waals surface area contributed by atoms with E-state index in [9.17, 15) is 0 Å². The van der Waals surface area contributed by atoms with Crippen molar-refractivity contribution in [3.8, 4) is 0 Å². The van der Waals surface area contributed by atoms with E-state index in [0.29, 0.717) is 0 Å².